The maximum atomic E-state index is 14.5. The number of thiazole rings is 1. The van der Waals surface area contributed by atoms with Crippen molar-refractivity contribution in [3.63, 3.8) is 0 Å². The minimum absolute atomic E-state index is 0.0441. The van der Waals surface area contributed by atoms with Crippen LogP contribution in [-0.4, -0.2) is 58.4 Å². The van der Waals surface area contributed by atoms with Crippen molar-refractivity contribution in [2.45, 2.75) is 0 Å². The van der Waals surface area contributed by atoms with Crippen LogP contribution in [0, 0.1) is 5.82 Å². The van der Waals surface area contributed by atoms with Crippen molar-refractivity contribution < 1.29 is 13.9 Å². The quantitative estimate of drug-likeness (QED) is 0.532. The predicted molar refractivity (Wildman–Crippen MR) is 110 cm³/mol. The number of aromatic amines is 1. The number of hydrogen-bond acceptors (Lipinski definition) is 8. The van der Waals surface area contributed by atoms with Gasteiger partial charge in [-0.2, -0.15) is 14.9 Å². The van der Waals surface area contributed by atoms with E-state index in [1.165, 1.54) is 36.6 Å². The van der Waals surface area contributed by atoms with Gasteiger partial charge in [-0.15, -0.1) is 0 Å². The number of nitrogens with one attached hydrogen (secondary N) is 1. The second-order valence-corrected chi connectivity index (χ2v) is 7.64. The van der Waals surface area contributed by atoms with Crippen LogP contribution in [0.2, 0.25) is 0 Å². The van der Waals surface area contributed by atoms with E-state index >= 15 is 0 Å². The van der Waals surface area contributed by atoms with Crippen molar-refractivity contribution >= 4 is 27.5 Å². The monoisotopic (exact) mass is 428 g/mol. The molecule has 0 spiro atoms. The number of para-hydroxylation sites is 1. The fourth-order valence-corrected chi connectivity index (χ4v) is 4.32. The molecule has 0 saturated carbocycles. The third-order valence-electron chi connectivity index (χ3n) is 4.83. The number of fused-ring (bicyclic) bond motifs is 1. The van der Waals surface area contributed by atoms with Crippen LogP contribution in [0.4, 0.5) is 9.52 Å². The van der Waals surface area contributed by atoms with Crippen LogP contribution in [0.15, 0.2) is 35.3 Å². The summed E-state index contributed by atoms with van der Waals surface area (Å²) in [5.41, 5.74) is 0.905. The molecule has 1 N–H and O–H groups in total. The van der Waals surface area contributed by atoms with Gasteiger partial charge in [-0.1, -0.05) is 17.4 Å². The standard InChI is InChI=1S/C19H17FN6O3S/c1-28-13-4-2-3-11(20)18(13)26-15(27)9-12-16(24-26)17(23-22-12)14-10-21-19(30-14)25-5-7-29-8-6-25/h2-4,9-10,22H,5-8H2,1H3. The Hall–Kier alpha value is -3.31. The molecule has 4 aromatic rings. The average molecular weight is 428 g/mol. The van der Waals surface area contributed by atoms with Crippen LogP contribution in [0.3, 0.4) is 0 Å². The highest BCUT2D eigenvalue weighted by atomic mass is 32.1. The number of nitrogens with zero attached hydrogens (tertiary/aromatic N) is 5. The van der Waals surface area contributed by atoms with Crippen LogP contribution in [0.25, 0.3) is 27.3 Å². The fourth-order valence-electron chi connectivity index (χ4n) is 3.36. The van der Waals surface area contributed by atoms with E-state index in [1.54, 1.807) is 12.3 Å². The summed E-state index contributed by atoms with van der Waals surface area (Å²) in [4.78, 5) is 20.1. The molecule has 1 aromatic carbocycles. The number of H-pyrrole nitrogens is 1. The molecule has 1 aliphatic rings. The van der Waals surface area contributed by atoms with E-state index in [1.807, 2.05) is 0 Å². The molecule has 154 valence electrons. The van der Waals surface area contributed by atoms with Gasteiger partial charge in [0, 0.05) is 25.4 Å². The minimum atomic E-state index is -0.610. The molecular formula is C19H17FN6O3S. The van der Waals surface area contributed by atoms with E-state index in [4.69, 9.17) is 9.47 Å². The summed E-state index contributed by atoms with van der Waals surface area (Å²) in [5, 5.41) is 12.4. The Morgan fingerprint density at radius 2 is 2.13 bits per heavy atom. The van der Waals surface area contributed by atoms with Gasteiger partial charge in [-0.05, 0) is 12.1 Å². The van der Waals surface area contributed by atoms with Crippen molar-refractivity contribution in [1.29, 1.82) is 0 Å². The molecule has 1 fully saturated rings. The molecule has 1 saturated heterocycles. The Morgan fingerprint density at radius 3 is 2.93 bits per heavy atom. The van der Waals surface area contributed by atoms with Crippen LogP contribution >= 0.6 is 11.3 Å². The van der Waals surface area contributed by atoms with Crippen LogP contribution < -0.4 is 15.2 Å². The lowest BCUT2D eigenvalue weighted by Crippen LogP contribution is -2.36. The topological polar surface area (TPSA) is 98.2 Å². The van der Waals surface area contributed by atoms with Crippen molar-refractivity contribution in [3.05, 3.63) is 46.6 Å². The lowest BCUT2D eigenvalue weighted by Gasteiger charge is -2.25. The first-order chi connectivity index (χ1) is 14.7. The first-order valence-electron chi connectivity index (χ1n) is 9.26. The number of morpholine rings is 1. The van der Waals surface area contributed by atoms with Gasteiger partial charge in [-0.3, -0.25) is 9.89 Å². The van der Waals surface area contributed by atoms with Gasteiger partial charge in [0.15, 0.2) is 10.9 Å². The maximum Gasteiger partial charge on any atom is 0.273 e. The van der Waals surface area contributed by atoms with Crippen molar-refractivity contribution in [2.75, 3.05) is 38.3 Å². The third kappa shape index (κ3) is 3.12. The Balaban J connectivity index is 1.62. The molecule has 0 aliphatic carbocycles. The van der Waals surface area contributed by atoms with E-state index in [0.29, 0.717) is 29.9 Å². The second-order valence-electron chi connectivity index (χ2n) is 6.63. The molecule has 1 aliphatic heterocycles. The molecule has 9 nitrogen and oxygen atoms in total. The van der Waals surface area contributed by atoms with E-state index in [2.05, 4.69) is 25.2 Å². The maximum absolute atomic E-state index is 14.5. The van der Waals surface area contributed by atoms with E-state index in [9.17, 15) is 9.18 Å². The molecule has 0 radical (unpaired) electrons. The molecular weight excluding hydrogens is 411 g/mol. The Bertz CT molecular complexity index is 1280. The van der Waals surface area contributed by atoms with Gasteiger partial charge in [0.2, 0.25) is 0 Å². The van der Waals surface area contributed by atoms with Gasteiger partial charge in [0.25, 0.3) is 5.56 Å². The lowest BCUT2D eigenvalue weighted by molar-refractivity contribution is 0.122. The highest BCUT2D eigenvalue weighted by Crippen LogP contribution is 2.33. The number of methoxy groups -OCH3 is 1. The molecule has 0 unspecified atom stereocenters. The Morgan fingerprint density at radius 1 is 1.30 bits per heavy atom. The number of rotatable bonds is 4. The predicted octanol–water partition coefficient (Wildman–Crippen LogP) is 2.22. The van der Waals surface area contributed by atoms with Crippen molar-refractivity contribution in [3.8, 4) is 22.0 Å². The van der Waals surface area contributed by atoms with E-state index in [0.717, 1.165) is 27.8 Å². The second kappa shape index (κ2) is 7.50. The zero-order valence-corrected chi connectivity index (χ0v) is 16.8. The smallest absolute Gasteiger partial charge is 0.273 e. The van der Waals surface area contributed by atoms with E-state index in [-0.39, 0.29) is 11.4 Å². The number of benzene rings is 1. The molecule has 5 rings (SSSR count). The fraction of sp³-hybridized carbons (Fsp3) is 0.263. The third-order valence-corrected chi connectivity index (χ3v) is 5.90. The summed E-state index contributed by atoms with van der Waals surface area (Å²) in [6.45, 7) is 2.88. The number of anilines is 1. The number of aromatic nitrogens is 5. The highest BCUT2D eigenvalue weighted by Gasteiger charge is 2.21. The van der Waals surface area contributed by atoms with Crippen LogP contribution in [0.1, 0.15) is 0 Å². The zero-order valence-electron chi connectivity index (χ0n) is 16.0. The first-order valence-corrected chi connectivity index (χ1v) is 10.1. The van der Waals surface area contributed by atoms with Crippen LogP contribution in [0.5, 0.6) is 5.75 Å². The van der Waals surface area contributed by atoms with E-state index < -0.39 is 11.4 Å². The van der Waals surface area contributed by atoms with Crippen molar-refractivity contribution in [2.24, 2.45) is 0 Å². The summed E-state index contributed by atoms with van der Waals surface area (Å²) >= 11 is 1.48. The largest absolute Gasteiger partial charge is 0.494 e. The molecule has 3 aromatic heterocycles. The normalized spacial score (nSPS) is 14.4. The number of ether oxygens (including phenoxy) is 2. The highest BCUT2D eigenvalue weighted by molar-refractivity contribution is 7.19. The lowest BCUT2D eigenvalue weighted by atomic mass is 10.2. The molecule has 30 heavy (non-hydrogen) atoms. The summed E-state index contributed by atoms with van der Waals surface area (Å²) in [6.07, 6.45) is 1.73. The summed E-state index contributed by atoms with van der Waals surface area (Å²) in [5.74, 6) is -0.401. The average Bonchev–Trinajstić information content (AvgIpc) is 3.40. The molecule has 11 heteroatoms. The summed E-state index contributed by atoms with van der Waals surface area (Å²) in [6, 6.07) is 5.68. The molecule has 4 heterocycles. The molecule has 0 bridgehead atoms. The van der Waals surface area contributed by atoms with Crippen molar-refractivity contribution in [1.82, 2.24) is 25.0 Å². The number of halogens is 1. The van der Waals surface area contributed by atoms with Gasteiger partial charge < -0.3 is 14.4 Å². The Labute approximate surface area is 173 Å². The van der Waals surface area contributed by atoms with Gasteiger partial charge >= 0.3 is 0 Å². The van der Waals surface area contributed by atoms with Crippen LogP contribution in [-0.2, 0) is 4.74 Å². The minimum Gasteiger partial charge on any atom is -0.494 e. The summed E-state index contributed by atoms with van der Waals surface area (Å²) in [7, 11) is 1.41. The van der Waals surface area contributed by atoms with Gasteiger partial charge in [0.1, 0.15) is 22.6 Å². The first kappa shape index (κ1) is 18.7. The number of hydrogen-bond donors (Lipinski definition) is 1. The van der Waals surface area contributed by atoms with Gasteiger partial charge in [0.05, 0.1) is 30.7 Å². The Kier molecular flexibility index (Phi) is 4.68. The van der Waals surface area contributed by atoms with Gasteiger partial charge in [-0.25, -0.2) is 9.37 Å². The zero-order chi connectivity index (χ0) is 20.7. The molecule has 0 atom stereocenters. The SMILES string of the molecule is COc1cccc(F)c1-n1nc2c(-c3cnc(N4CCOCC4)s3)n[nH]c2cc1=O. The molecule has 0 amide bonds. The summed E-state index contributed by atoms with van der Waals surface area (Å²) < 4.78 is 26.1.